The van der Waals surface area contributed by atoms with Gasteiger partial charge in [0.2, 0.25) is 0 Å². The number of alkyl halides is 1. The van der Waals surface area contributed by atoms with E-state index in [2.05, 4.69) is 22.9 Å². The van der Waals surface area contributed by atoms with E-state index in [9.17, 15) is 4.39 Å². The van der Waals surface area contributed by atoms with E-state index >= 15 is 0 Å². The summed E-state index contributed by atoms with van der Waals surface area (Å²) in [5.74, 6) is 0. The highest BCUT2D eigenvalue weighted by Gasteiger charge is 2.40. The SMILES string of the molecule is C[C@@H]1CC(F)(CN)CN1I. The third-order valence-electron chi connectivity index (χ3n) is 1.94. The first-order valence-corrected chi connectivity index (χ1v) is 4.35. The Hall–Kier alpha value is 0.580. The first kappa shape index (κ1) is 8.67. The zero-order chi connectivity index (χ0) is 7.78. The van der Waals surface area contributed by atoms with Crippen LogP contribution in [-0.2, 0) is 0 Å². The lowest BCUT2D eigenvalue weighted by Gasteiger charge is -2.14. The summed E-state index contributed by atoms with van der Waals surface area (Å²) < 4.78 is 15.3. The molecule has 0 aromatic carbocycles. The van der Waals surface area contributed by atoms with E-state index in [0.717, 1.165) is 0 Å². The van der Waals surface area contributed by atoms with Gasteiger partial charge in [-0.05, 0) is 6.92 Å². The summed E-state index contributed by atoms with van der Waals surface area (Å²) in [7, 11) is 0. The minimum atomic E-state index is -1.12. The minimum Gasteiger partial charge on any atom is -0.327 e. The molecule has 0 bridgehead atoms. The number of hydrogen-bond donors (Lipinski definition) is 1. The van der Waals surface area contributed by atoms with Crippen molar-refractivity contribution in [3.63, 3.8) is 0 Å². The molecule has 1 fully saturated rings. The molecule has 1 heterocycles. The smallest absolute Gasteiger partial charge is 0.138 e. The van der Waals surface area contributed by atoms with Crippen LogP contribution in [0.2, 0.25) is 0 Å². The van der Waals surface area contributed by atoms with Gasteiger partial charge in [-0.15, -0.1) is 0 Å². The van der Waals surface area contributed by atoms with Gasteiger partial charge >= 0.3 is 0 Å². The predicted molar refractivity (Wildman–Crippen MR) is 47.7 cm³/mol. The fourth-order valence-corrected chi connectivity index (χ4v) is 2.08. The van der Waals surface area contributed by atoms with E-state index < -0.39 is 5.67 Å². The van der Waals surface area contributed by atoms with Crippen molar-refractivity contribution < 1.29 is 4.39 Å². The highest BCUT2D eigenvalue weighted by Crippen LogP contribution is 2.31. The molecular formula is C6H12FIN2. The van der Waals surface area contributed by atoms with Gasteiger partial charge in [0.15, 0.2) is 0 Å². The first-order chi connectivity index (χ1) is 4.57. The Morgan fingerprint density at radius 3 is 2.70 bits per heavy atom. The average Bonchev–Trinajstić information content (AvgIpc) is 2.10. The molecule has 1 aliphatic heterocycles. The standard InChI is InChI=1S/C6H12FIN2/c1-5-2-6(7,3-9)4-10(5)8/h5H,2-4,9H2,1H3/t5-,6?/m1/s1. The zero-order valence-corrected chi connectivity index (χ0v) is 8.14. The maximum Gasteiger partial charge on any atom is 0.138 e. The Balaban J connectivity index is 2.55. The van der Waals surface area contributed by atoms with Crippen molar-refractivity contribution >= 4 is 22.9 Å². The number of rotatable bonds is 1. The van der Waals surface area contributed by atoms with Gasteiger partial charge in [0, 0.05) is 48.4 Å². The van der Waals surface area contributed by atoms with E-state index in [-0.39, 0.29) is 6.54 Å². The Labute approximate surface area is 74.4 Å². The molecule has 2 nitrogen and oxygen atoms in total. The molecule has 2 atom stereocenters. The lowest BCUT2D eigenvalue weighted by molar-refractivity contribution is 0.194. The molecule has 0 aromatic heterocycles. The van der Waals surface area contributed by atoms with Gasteiger partial charge in [0.1, 0.15) is 5.67 Å². The molecule has 4 heteroatoms. The number of halogens is 2. The predicted octanol–water partition coefficient (Wildman–Crippen LogP) is 1.10. The summed E-state index contributed by atoms with van der Waals surface area (Å²) in [6.07, 6.45) is 0.576. The Morgan fingerprint density at radius 1 is 1.90 bits per heavy atom. The third-order valence-corrected chi connectivity index (χ3v) is 3.23. The van der Waals surface area contributed by atoms with Crippen LogP contribution in [0.15, 0.2) is 0 Å². The number of nitrogens with zero attached hydrogens (tertiary/aromatic N) is 1. The highest BCUT2D eigenvalue weighted by atomic mass is 127. The van der Waals surface area contributed by atoms with E-state index in [1.54, 1.807) is 0 Å². The molecule has 1 unspecified atom stereocenters. The monoisotopic (exact) mass is 258 g/mol. The molecule has 60 valence electrons. The molecule has 0 saturated carbocycles. The lowest BCUT2D eigenvalue weighted by atomic mass is 10.0. The largest absolute Gasteiger partial charge is 0.327 e. The first-order valence-electron chi connectivity index (χ1n) is 3.39. The number of nitrogens with two attached hydrogens (primary N) is 1. The Kier molecular flexibility index (Phi) is 2.52. The molecule has 1 aliphatic rings. The molecule has 0 spiro atoms. The van der Waals surface area contributed by atoms with Crippen LogP contribution in [0.1, 0.15) is 13.3 Å². The summed E-state index contributed by atoms with van der Waals surface area (Å²) in [6.45, 7) is 2.64. The van der Waals surface area contributed by atoms with Crippen LogP contribution < -0.4 is 5.73 Å². The molecule has 0 aromatic rings. The quantitative estimate of drug-likeness (QED) is 0.563. The molecule has 2 N–H and O–H groups in total. The van der Waals surface area contributed by atoms with E-state index in [1.165, 1.54) is 0 Å². The topological polar surface area (TPSA) is 29.3 Å². The molecule has 1 rings (SSSR count). The van der Waals surface area contributed by atoms with E-state index in [0.29, 0.717) is 19.0 Å². The second kappa shape index (κ2) is 2.91. The maximum atomic E-state index is 13.4. The maximum absolute atomic E-state index is 13.4. The van der Waals surface area contributed by atoms with Crippen molar-refractivity contribution in [2.24, 2.45) is 5.73 Å². The molecule has 0 amide bonds. The second-order valence-electron chi connectivity index (χ2n) is 2.97. The van der Waals surface area contributed by atoms with Gasteiger partial charge in [-0.25, -0.2) is 7.50 Å². The van der Waals surface area contributed by atoms with Gasteiger partial charge in [0.05, 0.1) is 0 Å². The fraction of sp³-hybridized carbons (Fsp3) is 1.00. The van der Waals surface area contributed by atoms with E-state index in [1.807, 2.05) is 10.0 Å². The van der Waals surface area contributed by atoms with Gasteiger partial charge in [-0.2, -0.15) is 0 Å². The summed E-state index contributed by atoms with van der Waals surface area (Å²) in [4.78, 5) is 0. The van der Waals surface area contributed by atoms with Crippen LogP contribution in [0.3, 0.4) is 0 Å². The van der Waals surface area contributed by atoms with Gasteiger partial charge in [-0.1, -0.05) is 0 Å². The summed E-state index contributed by atoms with van der Waals surface area (Å²) in [5.41, 5.74) is 4.16. The van der Waals surface area contributed by atoms with Crippen LogP contribution in [0.25, 0.3) is 0 Å². The van der Waals surface area contributed by atoms with Crippen LogP contribution in [0.5, 0.6) is 0 Å². The van der Waals surface area contributed by atoms with Crippen LogP contribution in [0.4, 0.5) is 4.39 Å². The van der Waals surface area contributed by atoms with Crippen molar-refractivity contribution in [2.45, 2.75) is 25.1 Å². The van der Waals surface area contributed by atoms with Crippen molar-refractivity contribution in [3.05, 3.63) is 0 Å². The fourth-order valence-electron chi connectivity index (χ4n) is 1.27. The van der Waals surface area contributed by atoms with Gasteiger partial charge in [-0.3, -0.25) is 0 Å². The summed E-state index contributed by atoms with van der Waals surface area (Å²) in [5, 5.41) is 0. The molecule has 1 saturated heterocycles. The number of hydrogen-bond acceptors (Lipinski definition) is 2. The lowest BCUT2D eigenvalue weighted by Crippen LogP contribution is -2.34. The van der Waals surface area contributed by atoms with Crippen molar-refractivity contribution in [2.75, 3.05) is 13.1 Å². The third kappa shape index (κ3) is 1.60. The Bertz CT molecular complexity index is 121. The molecule has 0 radical (unpaired) electrons. The molecular weight excluding hydrogens is 246 g/mol. The van der Waals surface area contributed by atoms with Gasteiger partial charge in [0.25, 0.3) is 0 Å². The van der Waals surface area contributed by atoms with Crippen LogP contribution >= 0.6 is 22.9 Å². The van der Waals surface area contributed by atoms with E-state index in [4.69, 9.17) is 5.73 Å². The average molecular weight is 258 g/mol. The summed E-state index contributed by atoms with van der Waals surface area (Å²) >= 11 is 2.14. The second-order valence-corrected chi connectivity index (χ2v) is 4.21. The van der Waals surface area contributed by atoms with Crippen molar-refractivity contribution in [1.29, 1.82) is 0 Å². The van der Waals surface area contributed by atoms with Crippen molar-refractivity contribution in [1.82, 2.24) is 3.11 Å². The molecule has 0 aliphatic carbocycles. The normalized spacial score (nSPS) is 42.6. The minimum absolute atomic E-state index is 0.150. The van der Waals surface area contributed by atoms with Crippen molar-refractivity contribution in [3.8, 4) is 0 Å². The highest BCUT2D eigenvalue weighted by molar-refractivity contribution is 14.1. The Morgan fingerprint density at radius 2 is 2.50 bits per heavy atom. The summed E-state index contributed by atoms with van der Waals surface area (Å²) in [6, 6.07) is 0.328. The van der Waals surface area contributed by atoms with Crippen LogP contribution in [0, 0.1) is 0 Å². The van der Waals surface area contributed by atoms with Crippen LogP contribution in [-0.4, -0.2) is 27.9 Å². The van der Waals surface area contributed by atoms with Gasteiger partial charge < -0.3 is 5.73 Å². The molecule has 10 heavy (non-hydrogen) atoms. The zero-order valence-electron chi connectivity index (χ0n) is 5.98.